The highest BCUT2D eigenvalue weighted by atomic mass is 32.2. The maximum Gasteiger partial charge on any atom is 0.353 e. The summed E-state index contributed by atoms with van der Waals surface area (Å²) in [5, 5.41) is 12.1. The largest absolute Gasteiger partial charge is 0.464 e. The fourth-order valence-corrected chi connectivity index (χ4v) is 4.28. The van der Waals surface area contributed by atoms with Crippen LogP contribution in [0, 0.1) is 10.1 Å². The van der Waals surface area contributed by atoms with Gasteiger partial charge < -0.3 is 15.4 Å². The molecule has 0 amide bonds. The van der Waals surface area contributed by atoms with Crippen molar-refractivity contribution in [1.82, 2.24) is 14.9 Å². The van der Waals surface area contributed by atoms with Gasteiger partial charge in [0, 0.05) is 13.1 Å². The minimum atomic E-state index is -0.824. The van der Waals surface area contributed by atoms with E-state index in [-0.39, 0.29) is 29.9 Å². The van der Waals surface area contributed by atoms with Crippen molar-refractivity contribution in [2.45, 2.75) is 51.0 Å². The number of nitro groups is 1. The maximum atomic E-state index is 12.6. The summed E-state index contributed by atoms with van der Waals surface area (Å²) in [6.07, 6.45) is 4.17. The molecule has 10 nitrogen and oxygen atoms in total. The van der Waals surface area contributed by atoms with Crippen LogP contribution >= 0.6 is 11.8 Å². The zero-order chi connectivity index (χ0) is 24.0. The summed E-state index contributed by atoms with van der Waals surface area (Å²) in [7, 11) is 0. The Morgan fingerprint density at radius 2 is 2.03 bits per heavy atom. The number of benzene rings is 1. The van der Waals surface area contributed by atoms with Gasteiger partial charge in [0.25, 0.3) is 0 Å². The van der Waals surface area contributed by atoms with Gasteiger partial charge in [0.2, 0.25) is 11.6 Å². The van der Waals surface area contributed by atoms with E-state index in [9.17, 15) is 14.9 Å². The summed E-state index contributed by atoms with van der Waals surface area (Å²) in [6.45, 7) is 6.80. The van der Waals surface area contributed by atoms with Crippen LogP contribution in [-0.2, 0) is 22.6 Å². The number of hydrogen-bond acceptors (Lipinski definition) is 10. The number of esters is 1. The van der Waals surface area contributed by atoms with Crippen LogP contribution in [-0.4, -0.2) is 57.8 Å². The summed E-state index contributed by atoms with van der Waals surface area (Å²) >= 11 is 1.22. The Labute approximate surface area is 197 Å². The van der Waals surface area contributed by atoms with E-state index in [4.69, 9.17) is 10.5 Å². The van der Waals surface area contributed by atoms with E-state index in [1.54, 1.807) is 25.0 Å². The Morgan fingerprint density at radius 1 is 1.33 bits per heavy atom. The molecule has 1 fully saturated rings. The fourth-order valence-electron chi connectivity index (χ4n) is 3.91. The molecule has 3 rings (SSSR count). The Bertz CT molecular complexity index is 999. The Balaban J connectivity index is 2.00. The van der Waals surface area contributed by atoms with E-state index in [2.05, 4.69) is 27.0 Å². The predicted molar refractivity (Wildman–Crippen MR) is 128 cm³/mol. The first-order valence-electron chi connectivity index (χ1n) is 10.9. The van der Waals surface area contributed by atoms with Crippen LogP contribution in [0.15, 0.2) is 29.4 Å². The minimum Gasteiger partial charge on any atom is -0.464 e. The van der Waals surface area contributed by atoms with Gasteiger partial charge in [-0.3, -0.25) is 15.0 Å². The molecule has 0 bridgehead atoms. The molecule has 1 aliphatic heterocycles. The van der Waals surface area contributed by atoms with E-state index in [0.29, 0.717) is 0 Å². The SMILES string of the molecule is CCOC(=O)C(C)N(Cc1cccc(CN2CCCC2)c1)c1nc(SC)nc(N)c1[N+](=O)[O-]. The monoisotopic (exact) mass is 474 g/mol. The van der Waals surface area contributed by atoms with Gasteiger partial charge in [-0.1, -0.05) is 36.0 Å². The molecule has 1 aromatic heterocycles. The van der Waals surface area contributed by atoms with Gasteiger partial charge in [-0.25, -0.2) is 4.79 Å². The number of thioether (sulfide) groups is 1. The van der Waals surface area contributed by atoms with Gasteiger partial charge in [0.1, 0.15) is 6.04 Å². The summed E-state index contributed by atoms with van der Waals surface area (Å²) < 4.78 is 5.21. The number of nitrogens with zero attached hydrogens (tertiary/aromatic N) is 5. The van der Waals surface area contributed by atoms with Gasteiger partial charge in [-0.2, -0.15) is 9.97 Å². The van der Waals surface area contributed by atoms with E-state index in [1.165, 1.54) is 24.6 Å². The van der Waals surface area contributed by atoms with Crippen LogP contribution in [0.2, 0.25) is 0 Å². The number of likely N-dealkylation sites (tertiary alicyclic amines) is 1. The van der Waals surface area contributed by atoms with Gasteiger partial charge in [0.05, 0.1) is 11.5 Å². The number of nitrogen functional groups attached to an aromatic ring is 1. The van der Waals surface area contributed by atoms with Crippen LogP contribution in [0.4, 0.5) is 17.3 Å². The van der Waals surface area contributed by atoms with Gasteiger partial charge in [0.15, 0.2) is 5.16 Å². The molecule has 33 heavy (non-hydrogen) atoms. The predicted octanol–water partition coefficient (Wildman–Crippen LogP) is 3.24. The number of hydrogen-bond donors (Lipinski definition) is 1. The van der Waals surface area contributed by atoms with Crippen LogP contribution in [0.3, 0.4) is 0 Å². The van der Waals surface area contributed by atoms with E-state index < -0.39 is 22.6 Å². The molecule has 2 heterocycles. The van der Waals surface area contributed by atoms with Gasteiger partial charge >= 0.3 is 11.7 Å². The summed E-state index contributed by atoms with van der Waals surface area (Å²) in [5.74, 6) is -0.733. The van der Waals surface area contributed by atoms with Crippen molar-refractivity contribution < 1.29 is 14.5 Å². The molecule has 1 aromatic carbocycles. The number of nitrogens with two attached hydrogens (primary N) is 1. The highest BCUT2D eigenvalue weighted by Gasteiger charge is 2.33. The normalized spacial score (nSPS) is 14.8. The minimum absolute atomic E-state index is 0.00218. The number of carbonyl (C=O) groups excluding carboxylic acids is 1. The molecule has 2 N–H and O–H groups in total. The lowest BCUT2D eigenvalue weighted by atomic mass is 10.1. The molecule has 0 aliphatic carbocycles. The lowest BCUT2D eigenvalue weighted by Crippen LogP contribution is -2.41. The molecular weight excluding hydrogens is 444 g/mol. The van der Waals surface area contributed by atoms with Crippen LogP contribution < -0.4 is 10.6 Å². The summed E-state index contributed by atoms with van der Waals surface area (Å²) in [4.78, 5) is 36.3. The van der Waals surface area contributed by atoms with E-state index >= 15 is 0 Å². The number of aromatic nitrogens is 2. The molecule has 1 saturated heterocycles. The third-order valence-corrected chi connectivity index (χ3v) is 6.10. The van der Waals surface area contributed by atoms with Crippen LogP contribution in [0.5, 0.6) is 0 Å². The molecule has 2 aromatic rings. The number of ether oxygens (including phenoxy) is 1. The lowest BCUT2D eigenvalue weighted by molar-refractivity contribution is -0.383. The molecule has 0 saturated carbocycles. The topological polar surface area (TPSA) is 128 Å². The van der Waals surface area contributed by atoms with Crippen molar-refractivity contribution in [1.29, 1.82) is 0 Å². The van der Waals surface area contributed by atoms with Gasteiger partial charge in [-0.05, 0) is 57.2 Å². The first kappa shape index (κ1) is 24.7. The quantitative estimate of drug-likeness (QED) is 0.180. The zero-order valence-corrected chi connectivity index (χ0v) is 20.0. The van der Waals surface area contributed by atoms with Crippen molar-refractivity contribution >= 4 is 35.1 Å². The number of anilines is 2. The molecular formula is C22H30N6O4S. The van der Waals surface area contributed by atoms with Crippen LogP contribution in [0.25, 0.3) is 0 Å². The van der Waals surface area contributed by atoms with Crippen LogP contribution in [0.1, 0.15) is 37.8 Å². The van der Waals surface area contributed by atoms with E-state index in [1.807, 2.05) is 12.1 Å². The molecule has 1 aliphatic rings. The Kier molecular flexibility index (Phi) is 8.45. The second-order valence-electron chi connectivity index (χ2n) is 7.88. The fraction of sp³-hybridized carbons (Fsp3) is 0.500. The van der Waals surface area contributed by atoms with E-state index in [0.717, 1.165) is 30.8 Å². The Morgan fingerprint density at radius 3 is 2.67 bits per heavy atom. The Hall–Kier alpha value is -2.92. The molecule has 11 heteroatoms. The molecule has 0 radical (unpaired) electrons. The highest BCUT2D eigenvalue weighted by molar-refractivity contribution is 7.98. The summed E-state index contributed by atoms with van der Waals surface area (Å²) in [6, 6.07) is 7.20. The van der Waals surface area contributed by atoms with Crippen molar-refractivity contribution in [2.75, 3.05) is 36.6 Å². The first-order chi connectivity index (χ1) is 15.8. The third-order valence-electron chi connectivity index (χ3n) is 5.55. The van der Waals surface area contributed by atoms with Gasteiger partial charge in [-0.15, -0.1) is 0 Å². The average molecular weight is 475 g/mol. The van der Waals surface area contributed by atoms with Crippen molar-refractivity contribution in [2.24, 2.45) is 0 Å². The van der Waals surface area contributed by atoms with Crippen molar-refractivity contribution in [3.8, 4) is 0 Å². The zero-order valence-electron chi connectivity index (χ0n) is 19.2. The first-order valence-corrected chi connectivity index (χ1v) is 12.2. The second-order valence-corrected chi connectivity index (χ2v) is 8.66. The smallest absolute Gasteiger partial charge is 0.353 e. The second kappa shape index (κ2) is 11.3. The number of rotatable bonds is 10. The molecule has 0 spiro atoms. The summed E-state index contributed by atoms with van der Waals surface area (Å²) in [5.41, 5.74) is 7.56. The molecule has 1 atom stereocenters. The third kappa shape index (κ3) is 6.11. The van der Waals surface area contributed by atoms with Crippen molar-refractivity contribution in [3.63, 3.8) is 0 Å². The molecule has 1 unspecified atom stereocenters. The molecule has 178 valence electrons. The maximum absolute atomic E-state index is 12.6. The average Bonchev–Trinajstić information content (AvgIpc) is 3.29. The highest BCUT2D eigenvalue weighted by Crippen LogP contribution is 2.35. The lowest BCUT2D eigenvalue weighted by Gasteiger charge is -2.29. The number of carbonyl (C=O) groups is 1. The standard InChI is InChI=1S/C22H30N6O4S/c1-4-32-21(29)15(2)27(20-18(28(30)31)19(23)24-22(25-20)33-3)14-17-9-7-8-16(12-17)13-26-10-5-6-11-26/h7-9,12,15H,4-6,10-11,13-14H2,1-3H3,(H2,23,24,25). The van der Waals surface area contributed by atoms with Crippen molar-refractivity contribution in [3.05, 3.63) is 45.5 Å².